The van der Waals surface area contributed by atoms with Crippen LogP contribution in [0, 0.1) is 5.92 Å². The van der Waals surface area contributed by atoms with Gasteiger partial charge in [0.05, 0.1) is 20.5 Å². The van der Waals surface area contributed by atoms with E-state index < -0.39 is 0 Å². The highest BCUT2D eigenvalue weighted by Crippen LogP contribution is 2.26. The smallest absolute Gasteiger partial charge is 0.312 e. The van der Waals surface area contributed by atoms with Gasteiger partial charge in [-0.2, -0.15) is 0 Å². The highest BCUT2D eigenvalue weighted by atomic mass is 16.5. The summed E-state index contributed by atoms with van der Waals surface area (Å²) in [6, 6.07) is 7.74. The van der Waals surface area contributed by atoms with Crippen molar-refractivity contribution in [2.45, 2.75) is 32.8 Å². The molecule has 2 unspecified atom stereocenters. The van der Waals surface area contributed by atoms with Crippen molar-refractivity contribution in [2.24, 2.45) is 5.92 Å². The summed E-state index contributed by atoms with van der Waals surface area (Å²) >= 11 is 0. The summed E-state index contributed by atoms with van der Waals surface area (Å²) in [5.74, 6) is -0.210. The maximum atomic E-state index is 11.5. The van der Waals surface area contributed by atoms with Gasteiger partial charge in [-0.25, -0.2) is 0 Å². The van der Waals surface area contributed by atoms with Crippen LogP contribution in [-0.4, -0.2) is 20.2 Å². The fourth-order valence-corrected chi connectivity index (χ4v) is 1.96. The van der Waals surface area contributed by atoms with Gasteiger partial charge in [0.2, 0.25) is 0 Å². The van der Waals surface area contributed by atoms with Crippen molar-refractivity contribution in [1.29, 1.82) is 0 Å². The summed E-state index contributed by atoms with van der Waals surface area (Å²) < 4.78 is 17.3. The minimum Gasteiger partial charge on any atom is -0.469 e. The van der Waals surface area contributed by atoms with Crippen LogP contribution in [0.15, 0.2) is 24.3 Å². The van der Waals surface area contributed by atoms with Crippen molar-refractivity contribution < 1.29 is 15.6 Å². The first-order chi connectivity index (χ1) is 9.01. The maximum Gasteiger partial charge on any atom is 0.312 e. The van der Waals surface area contributed by atoms with E-state index in [2.05, 4.69) is 13.8 Å². The molecule has 0 saturated carbocycles. The normalized spacial score (nSPS) is 15.1. The molecule has 0 aliphatic rings. The Balaban J connectivity index is 2.88. The molecule has 0 aromatic heterocycles. The molecule has 0 aliphatic heterocycles. The van der Waals surface area contributed by atoms with Crippen LogP contribution in [0.4, 0.5) is 0 Å². The number of rotatable bonds is 5. The van der Waals surface area contributed by atoms with Gasteiger partial charge in [0, 0.05) is 7.09 Å². The van der Waals surface area contributed by atoms with Crippen molar-refractivity contribution in [2.75, 3.05) is 14.2 Å². The Hall–Kier alpha value is -1.35. The average molecular weight is 251 g/mol. The molecule has 3 heteroatoms. The molecule has 0 saturated heterocycles. The van der Waals surface area contributed by atoms with Crippen molar-refractivity contribution >= 4 is 5.97 Å². The molecule has 1 aromatic carbocycles. The summed E-state index contributed by atoms with van der Waals surface area (Å²) in [4.78, 5) is 11.5. The molecule has 18 heavy (non-hydrogen) atoms. The third-order valence-electron chi connectivity index (χ3n) is 3.10. The number of hydrogen-bond donors (Lipinski definition) is 0. The van der Waals surface area contributed by atoms with Gasteiger partial charge in [-0.3, -0.25) is 4.79 Å². The summed E-state index contributed by atoms with van der Waals surface area (Å²) in [7, 11) is 1.34. The quantitative estimate of drug-likeness (QED) is 0.753. The summed E-state index contributed by atoms with van der Waals surface area (Å²) in [6.45, 7) is 5.94. The van der Waals surface area contributed by atoms with Crippen LogP contribution < -0.4 is 0 Å². The second kappa shape index (κ2) is 6.55. The van der Waals surface area contributed by atoms with E-state index >= 15 is 0 Å². The van der Waals surface area contributed by atoms with E-state index in [0.717, 1.165) is 11.1 Å². The minimum absolute atomic E-state index is 0.0524. The van der Waals surface area contributed by atoms with Crippen LogP contribution in [0.3, 0.4) is 0 Å². The number of methoxy groups -OCH3 is 2. The van der Waals surface area contributed by atoms with Crippen LogP contribution in [0.2, 0.25) is 0 Å². The highest BCUT2D eigenvalue weighted by Gasteiger charge is 2.18. The molecular formula is C15H22O3. The Morgan fingerprint density at radius 1 is 1.17 bits per heavy atom. The molecule has 2 atom stereocenters. The molecule has 1 aromatic rings. The topological polar surface area (TPSA) is 35.5 Å². The van der Waals surface area contributed by atoms with E-state index in [0.29, 0.717) is 5.92 Å². The molecule has 100 valence electrons. The van der Waals surface area contributed by atoms with Crippen LogP contribution in [0.1, 0.15) is 45.3 Å². The molecule has 0 fully saturated rings. The Morgan fingerprint density at radius 2 is 1.72 bits per heavy atom. The zero-order valence-corrected chi connectivity index (χ0v) is 11.5. The van der Waals surface area contributed by atoms with Crippen molar-refractivity contribution in [3.63, 3.8) is 0 Å². The molecule has 0 radical (unpaired) electrons. The molecule has 0 heterocycles. The lowest BCUT2D eigenvalue weighted by Crippen LogP contribution is -2.12. The second-order valence-electron chi connectivity index (χ2n) is 4.74. The van der Waals surface area contributed by atoms with E-state index in [1.165, 1.54) is 7.11 Å². The Bertz CT molecular complexity index is 400. The number of hydrogen-bond acceptors (Lipinski definition) is 3. The second-order valence-corrected chi connectivity index (χ2v) is 4.74. The number of carbonyl (C=O) groups is 1. The Kier molecular flexibility index (Phi) is 4.76. The molecule has 0 amide bonds. The van der Waals surface area contributed by atoms with Crippen molar-refractivity contribution in [1.82, 2.24) is 0 Å². The van der Waals surface area contributed by atoms with E-state index in [4.69, 9.17) is 10.8 Å². The fourth-order valence-electron chi connectivity index (χ4n) is 1.96. The summed E-state index contributed by atoms with van der Waals surface area (Å²) in [6.07, 6.45) is -0.0833. The fraction of sp³-hybridized carbons (Fsp3) is 0.533. The lowest BCUT2D eigenvalue weighted by atomic mass is 9.95. The average Bonchev–Trinajstić information content (AvgIpc) is 2.43. The van der Waals surface area contributed by atoms with Gasteiger partial charge in [0.25, 0.3) is 0 Å². The first-order valence-corrected chi connectivity index (χ1v) is 6.09. The Morgan fingerprint density at radius 3 is 2.17 bits per heavy atom. The molecule has 3 nitrogen and oxygen atoms in total. The Labute approximate surface area is 111 Å². The zero-order valence-electron chi connectivity index (χ0n) is 12.5. The van der Waals surface area contributed by atoms with Crippen LogP contribution in [0.5, 0.6) is 0 Å². The molecule has 0 N–H and O–H groups in total. The predicted octanol–water partition coefficient (Wildman–Crippen LogP) is 3.31. The van der Waals surface area contributed by atoms with E-state index in [1.807, 2.05) is 31.2 Å². The predicted molar refractivity (Wildman–Crippen MR) is 71.5 cm³/mol. The lowest BCUT2D eigenvalue weighted by Gasteiger charge is -2.20. The van der Waals surface area contributed by atoms with Gasteiger partial charge in [0.1, 0.15) is 0 Å². The molecule has 1 rings (SSSR count). The van der Waals surface area contributed by atoms with E-state index in [-0.39, 0.29) is 25.1 Å². The largest absolute Gasteiger partial charge is 0.469 e. The van der Waals surface area contributed by atoms with Crippen LogP contribution in [0.25, 0.3) is 0 Å². The first-order valence-electron chi connectivity index (χ1n) is 6.80. The van der Waals surface area contributed by atoms with Crippen LogP contribution in [-0.2, 0) is 14.3 Å². The number of esters is 1. The molecular weight excluding hydrogens is 228 g/mol. The monoisotopic (exact) mass is 251 g/mol. The van der Waals surface area contributed by atoms with E-state index in [9.17, 15) is 4.79 Å². The number of ether oxygens (including phenoxy) is 2. The molecule has 0 bridgehead atoms. The summed E-state index contributed by atoms with van der Waals surface area (Å²) in [5, 5.41) is 0. The molecule has 0 aliphatic carbocycles. The third kappa shape index (κ3) is 3.33. The number of benzene rings is 1. The van der Waals surface area contributed by atoms with Gasteiger partial charge in [-0.15, -0.1) is 0 Å². The molecule has 0 spiro atoms. The van der Waals surface area contributed by atoms with Crippen LogP contribution >= 0.6 is 0 Å². The minimum atomic E-state index is -0.270. The lowest BCUT2D eigenvalue weighted by molar-refractivity contribution is -0.141. The van der Waals surface area contributed by atoms with Gasteiger partial charge < -0.3 is 9.47 Å². The van der Waals surface area contributed by atoms with Gasteiger partial charge in [-0.05, 0) is 24.0 Å². The zero-order chi connectivity index (χ0) is 14.4. The SMILES string of the molecule is [2H]COC(c1ccc(C(C)C(=O)OC)cc1)C(C)C. The third-order valence-corrected chi connectivity index (χ3v) is 3.10. The highest BCUT2D eigenvalue weighted by molar-refractivity contribution is 5.77. The standard InChI is InChI=1S/C15H22O3/c1-10(2)14(17-4)13-8-6-12(7-9-13)11(3)15(16)18-5/h6-11,14H,1-5H3/i4D. The maximum absolute atomic E-state index is 11.5. The van der Waals surface area contributed by atoms with Gasteiger partial charge in [-0.1, -0.05) is 38.1 Å². The number of carbonyl (C=O) groups excluding carboxylic acids is 1. The van der Waals surface area contributed by atoms with E-state index in [1.54, 1.807) is 0 Å². The first kappa shape index (κ1) is 13.1. The van der Waals surface area contributed by atoms with Crippen molar-refractivity contribution in [3.8, 4) is 0 Å². The summed E-state index contributed by atoms with van der Waals surface area (Å²) in [5.41, 5.74) is 1.95. The van der Waals surface area contributed by atoms with Gasteiger partial charge in [0.15, 0.2) is 0 Å². The van der Waals surface area contributed by atoms with Gasteiger partial charge >= 0.3 is 5.97 Å². The van der Waals surface area contributed by atoms with Crippen molar-refractivity contribution in [3.05, 3.63) is 35.4 Å².